The van der Waals surface area contributed by atoms with Crippen LogP contribution in [0, 0.1) is 0 Å². The molecule has 0 spiro atoms. The van der Waals surface area contributed by atoms with Gasteiger partial charge in [0.25, 0.3) is 5.95 Å². The van der Waals surface area contributed by atoms with Crippen LogP contribution < -0.4 is 10.2 Å². The molecular formula is C17H20N6. The van der Waals surface area contributed by atoms with Crippen molar-refractivity contribution < 1.29 is 0 Å². The van der Waals surface area contributed by atoms with Gasteiger partial charge in [0, 0.05) is 25.2 Å². The average molecular weight is 308 g/mol. The van der Waals surface area contributed by atoms with Gasteiger partial charge < -0.3 is 10.2 Å². The summed E-state index contributed by atoms with van der Waals surface area (Å²) in [6.07, 6.45) is 1.09. The quantitative estimate of drug-likeness (QED) is 0.774. The monoisotopic (exact) mass is 308 g/mol. The molecule has 0 saturated carbocycles. The normalized spacial score (nSPS) is 19.3. The predicted molar refractivity (Wildman–Crippen MR) is 90.3 cm³/mol. The second-order valence-corrected chi connectivity index (χ2v) is 6.10. The number of nitrogens with zero attached hydrogens (tertiary/aromatic N) is 4. The molecule has 1 aliphatic rings. The summed E-state index contributed by atoms with van der Waals surface area (Å²) in [5.74, 6) is 0.687. The number of tetrazole rings is 1. The van der Waals surface area contributed by atoms with Crippen LogP contribution in [-0.2, 0) is 0 Å². The van der Waals surface area contributed by atoms with E-state index in [0.717, 1.165) is 19.5 Å². The number of benzene rings is 2. The molecule has 23 heavy (non-hydrogen) atoms. The van der Waals surface area contributed by atoms with E-state index in [1.165, 1.54) is 16.3 Å². The third-order valence-electron chi connectivity index (χ3n) is 4.58. The largest absolute Gasteiger partial charge is 0.337 e. The summed E-state index contributed by atoms with van der Waals surface area (Å²) < 4.78 is 0. The first-order valence-corrected chi connectivity index (χ1v) is 8.03. The van der Waals surface area contributed by atoms with Crippen molar-refractivity contribution in [3.8, 4) is 0 Å². The van der Waals surface area contributed by atoms with Crippen molar-refractivity contribution in [2.75, 3.05) is 18.0 Å². The Bertz CT molecular complexity index is 779. The summed E-state index contributed by atoms with van der Waals surface area (Å²) in [4.78, 5) is 2.16. The van der Waals surface area contributed by atoms with Gasteiger partial charge in [0.15, 0.2) is 0 Å². The number of hydrogen-bond acceptors (Lipinski definition) is 5. The van der Waals surface area contributed by atoms with E-state index < -0.39 is 0 Å². The summed E-state index contributed by atoms with van der Waals surface area (Å²) in [6, 6.07) is 15.8. The third-order valence-corrected chi connectivity index (χ3v) is 4.58. The van der Waals surface area contributed by atoms with Crippen LogP contribution in [-0.4, -0.2) is 39.8 Å². The molecule has 0 amide bonds. The molecule has 2 atom stereocenters. The Labute approximate surface area is 134 Å². The first-order chi connectivity index (χ1) is 11.3. The molecule has 1 aromatic heterocycles. The first kappa shape index (κ1) is 14.1. The highest BCUT2D eigenvalue weighted by atomic mass is 15.5. The zero-order valence-electron chi connectivity index (χ0n) is 13.1. The van der Waals surface area contributed by atoms with Gasteiger partial charge >= 0.3 is 0 Å². The maximum absolute atomic E-state index is 4.06. The number of nitrogens with one attached hydrogen (secondary N) is 2. The van der Waals surface area contributed by atoms with Crippen LogP contribution in [0.5, 0.6) is 0 Å². The minimum absolute atomic E-state index is 0.302. The number of aromatic nitrogens is 4. The van der Waals surface area contributed by atoms with E-state index >= 15 is 0 Å². The van der Waals surface area contributed by atoms with E-state index in [1.807, 2.05) is 0 Å². The lowest BCUT2D eigenvalue weighted by Crippen LogP contribution is -2.34. The predicted octanol–water partition coefficient (Wildman–Crippen LogP) is 2.28. The minimum Gasteiger partial charge on any atom is -0.337 e. The summed E-state index contributed by atoms with van der Waals surface area (Å²) in [7, 11) is 0. The number of hydrogen-bond donors (Lipinski definition) is 2. The number of anilines is 1. The highest BCUT2D eigenvalue weighted by molar-refractivity contribution is 5.86. The topological polar surface area (TPSA) is 69.7 Å². The zero-order chi connectivity index (χ0) is 15.6. The molecular weight excluding hydrogens is 288 g/mol. The van der Waals surface area contributed by atoms with E-state index in [2.05, 4.69) is 80.2 Å². The molecule has 4 rings (SSSR count). The molecule has 6 heteroatoms. The summed E-state index contributed by atoms with van der Waals surface area (Å²) >= 11 is 0. The van der Waals surface area contributed by atoms with Crippen molar-refractivity contribution >= 4 is 16.7 Å². The van der Waals surface area contributed by atoms with Gasteiger partial charge in [-0.15, -0.1) is 5.10 Å². The number of H-pyrrole nitrogens is 1. The van der Waals surface area contributed by atoms with Gasteiger partial charge in [-0.25, -0.2) is 0 Å². The second-order valence-electron chi connectivity index (χ2n) is 6.10. The van der Waals surface area contributed by atoms with Gasteiger partial charge in [-0.3, -0.25) is 0 Å². The second kappa shape index (κ2) is 5.96. The molecule has 1 saturated heterocycles. The van der Waals surface area contributed by atoms with Crippen LogP contribution in [0.1, 0.15) is 24.9 Å². The number of aromatic amines is 1. The van der Waals surface area contributed by atoms with Crippen molar-refractivity contribution in [1.29, 1.82) is 0 Å². The standard InChI is InChI=1S/C17H20N6/c1-12(15-8-4-6-13-5-2-3-7-16(13)15)18-14-9-10-23(11-14)17-19-21-22-20-17/h2-8,12,14,18H,9-11H2,1H3,(H,19,20,21,22)/t12-,14?/m1/s1. The summed E-state index contributed by atoms with van der Waals surface area (Å²) in [6.45, 7) is 4.10. The Morgan fingerprint density at radius 2 is 2.09 bits per heavy atom. The Morgan fingerprint density at radius 1 is 1.22 bits per heavy atom. The molecule has 1 aliphatic heterocycles. The molecule has 2 N–H and O–H groups in total. The van der Waals surface area contributed by atoms with Crippen molar-refractivity contribution in [3.63, 3.8) is 0 Å². The van der Waals surface area contributed by atoms with Gasteiger partial charge in [0.2, 0.25) is 0 Å². The molecule has 3 aromatic rings. The van der Waals surface area contributed by atoms with Crippen LogP contribution in [0.2, 0.25) is 0 Å². The van der Waals surface area contributed by atoms with Crippen LogP contribution >= 0.6 is 0 Å². The van der Waals surface area contributed by atoms with Gasteiger partial charge in [0.05, 0.1) is 0 Å². The highest BCUT2D eigenvalue weighted by Crippen LogP contribution is 2.25. The minimum atomic E-state index is 0.302. The Morgan fingerprint density at radius 3 is 2.96 bits per heavy atom. The molecule has 0 aliphatic carbocycles. The summed E-state index contributed by atoms with van der Waals surface area (Å²) in [5, 5.41) is 20.6. The fourth-order valence-electron chi connectivity index (χ4n) is 3.44. The van der Waals surface area contributed by atoms with Crippen molar-refractivity contribution in [2.45, 2.75) is 25.4 Å². The van der Waals surface area contributed by atoms with E-state index in [1.54, 1.807) is 0 Å². The Hall–Kier alpha value is -2.47. The molecule has 0 bridgehead atoms. The van der Waals surface area contributed by atoms with Crippen LogP contribution in [0.15, 0.2) is 42.5 Å². The van der Waals surface area contributed by atoms with Crippen LogP contribution in [0.3, 0.4) is 0 Å². The average Bonchev–Trinajstić information content (AvgIpc) is 3.25. The maximum Gasteiger partial charge on any atom is 0.265 e. The molecule has 118 valence electrons. The van der Waals surface area contributed by atoms with Crippen molar-refractivity contribution in [3.05, 3.63) is 48.0 Å². The Kier molecular flexibility index (Phi) is 3.67. The van der Waals surface area contributed by atoms with Crippen molar-refractivity contribution in [1.82, 2.24) is 25.9 Å². The Balaban J connectivity index is 1.49. The molecule has 2 heterocycles. The van der Waals surface area contributed by atoms with E-state index in [9.17, 15) is 0 Å². The van der Waals surface area contributed by atoms with E-state index in [4.69, 9.17) is 0 Å². The SMILES string of the molecule is C[C@@H](NC1CCN(c2nn[nH]n2)C1)c1cccc2ccccc12. The lowest BCUT2D eigenvalue weighted by molar-refractivity contribution is 0.483. The lowest BCUT2D eigenvalue weighted by atomic mass is 9.99. The molecule has 6 nitrogen and oxygen atoms in total. The van der Waals surface area contributed by atoms with Gasteiger partial charge in [-0.05, 0) is 34.9 Å². The smallest absolute Gasteiger partial charge is 0.265 e. The van der Waals surface area contributed by atoms with Crippen LogP contribution in [0.25, 0.3) is 10.8 Å². The molecule has 2 aromatic carbocycles. The third kappa shape index (κ3) is 2.77. The summed E-state index contributed by atoms with van der Waals surface area (Å²) in [5.41, 5.74) is 1.35. The fraction of sp³-hybridized carbons (Fsp3) is 0.353. The van der Waals surface area contributed by atoms with Gasteiger partial charge in [-0.1, -0.05) is 47.6 Å². The fourth-order valence-corrected chi connectivity index (χ4v) is 3.44. The number of fused-ring (bicyclic) bond motifs is 1. The van der Waals surface area contributed by atoms with Crippen LogP contribution in [0.4, 0.5) is 5.95 Å². The van der Waals surface area contributed by atoms with E-state index in [0.29, 0.717) is 18.0 Å². The van der Waals surface area contributed by atoms with E-state index in [-0.39, 0.29) is 0 Å². The zero-order valence-corrected chi connectivity index (χ0v) is 13.1. The maximum atomic E-state index is 4.06. The molecule has 1 unspecified atom stereocenters. The highest BCUT2D eigenvalue weighted by Gasteiger charge is 2.26. The van der Waals surface area contributed by atoms with Gasteiger partial charge in [0.1, 0.15) is 0 Å². The lowest BCUT2D eigenvalue weighted by Gasteiger charge is -2.21. The molecule has 0 radical (unpaired) electrons. The van der Waals surface area contributed by atoms with Crippen molar-refractivity contribution in [2.24, 2.45) is 0 Å². The van der Waals surface area contributed by atoms with Gasteiger partial charge in [-0.2, -0.15) is 5.21 Å². The first-order valence-electron chi connectivity index (χ1n) is 8.03. The number of rotatable bonds is 4. The molecule has 1 fully saturated rings.